The highest BCUT2D eigenvalue weighted by atomic mass is 35.5. The molecule has 4 heterocycles. The SMILES string of the molecule is CC1(NC(=O)c2cc3cc(Oc4ncc(Cl)cc4OCC(F)(F)F)ccn3n2)CCS(=O)(=O)CC1. The van der Waals surface area contributed by atoms with E-state index in [2.05, 4.69) is 15.4 Å². The molecule has 4 rings (SSSR count). The van der Waals surface area contributed by atoms with Gasteiger partial charge in [-0.05, 0) is 31.9 Å². The number of alkyl halides is 3. The van der Waals surface area contributed by atoms with Gasteiger partial charge in [0.15, 0.2) is 18.1 Å². The molecular formula is C21H20ClF3N4O5S. The van der Waals surface area contributed by atoms with E-state index < -0.39 is 34.1 Å². The third-order valence-corrected chi connectivity index (χ3v) is 7.26. The highest BCUT2D eigenvalue weighted by Gasteiger charge is 2.35. The number of aromatic nitrogens is 3. The van der Waals surface area contributed by atoms with Crippen LogP contribution in [0.4, 0.5) is 13.2 Å². The molecule has 0 atom stereocenters. The molecule has 0 aromatic carbocycles. The van der Waals surface area contributed by atoms with Crippen LogP contribution in [0.2, 0.25) is 5.02 Å². The van der Waals surface area contributed by atoms with Crippen LogP contribution in [0.1, 0.15) is 30.3 Å². The lowest BCUT2D eigenvalue weighted by molar-refractivity contribution is -0.153. The summed E-state index contributed by atoms with van der Waals surface area (Å²) in [7, 11) is -3.08. The van der Waals surface area contributed by atoms with Gasteiger partial charge in [0.1, 0.15) is 15.6 Å². The lowest BCUT2D eigenvalue weighted by Crippen LogP contribution is -2.51. The van der Waals surface area contributed by atoms with E-state index in [9.17, 15) is 26.4 Å². The average molecular weight is 533 g/mol. The van der Waals surface area contributed by atoms with Crippen LogP contribution < -0.4 is 14.8 Å². The average Bonchev–Trinajstić information content (AvgIpc) is 3.19. The zero-order valence-corrected chi connectivity index (χ0v) is 19.9. The number of ether oxygens (including phenoxy) is 2. The second kappa shape index (κ2) is 9.19. The first kappa shape index (κ1) is 25.0. The fourth-order valence-corrected chi connectivity index (χ4v) is 5.33. The van der Waals surface area contributed by atoms with Gasteiger partial charge in [0, 0.05) is 30.1 Å². The highest BCUT2D eigenvalue weighted by Crippen LogP contribution is 2.33. The number of carbonyl (C=O) groups is 1. The second-order valence-electron chi connectivity index (χ2n) is 8.39. The van der Waals surface area contributed by atoms with Gasteiger partial charge < -0.3 is 14.8 Å². The summed E-state index contributed by atoms with van der Waals surface area (Å²) < 4.78 is 72.8. The van der Waals surface area contributed by atoms with Gasteiger partial charge in [-0.1, -0.05) is 11.6 Å². The second-order valence-corrected chi connectivity index (χ2v) is 11.1. The minimum Gasteiger partial charge on any atom is -0.478 e. The molecular weight excluding hydrogens is 513 g/mol. The van der Waals surface area contributed by atoms with Crippen molar-refractivity contribution in [2.75, 3.05) is 18.1 Å². The van der Waals surface area contributed by atoms with E-state index in [1.54, 1.807) is 6.92 Å². The molecule has 188 valence electrons. The lowest BCUT2D eigenvalue weighted by Gasteiger charge is -2.34. The van der Waals surface area contributed by atoms with Crippen LogP contribution in [0.25, 0.3) is 5.52 Å². The van der Waals surface area contributed by atoms with Gasteiger partial charge in [-0.25, -0.2) is 17.9 Å². The number of sulfone groups is 1. The van der Waals surface area contributed by atoms with Crippen LogP contribution in [-0.2, 0) is 9.84 Å². The Morgan fingerprint density at radius 3 is 2.66 bits per heavy atom. The number of rotatable bonds is 6. The molecule has 9 nitrogen and oxygen atoms in total. The van der Waals surface area contributed by atoms with Crippen LogP contribution in [0.15, 0.2) is 36.7 Å². The van der Waals surface area contributed by atoms with E-state index >= 15 is 0 Å². The summed E-state index contributed by atoms with van der Waals surface area (Å²) >= 11 is 5.82. The fourth-order valence-electron chi connectivity index (χ4n) is 3.46. The van der Waals surface area contributed by atoms with Gasteiger partial charge in [-0.3, -0.25) is 4.79 Å². The standard InChI is InChI=1S/C21H20ClF3N4O5S/c1-20(3-6-35(31,32)7-4-20)27-18(30)16-10-14-9-15(2-5-29(14)28-16)34-19-17(8-13(22)11-26-19)33-12-21(23,24)25/h2,5,8-11H,3-4,6-7,12H2,1H3,(H,27,30). The largest absolute Gasteiger partial charge is 0.478 e. The molecule has 1 aliphatic rings. The molecule has 3 aromatic rings. The quantitative estimate of drug-likeness (QED) is 0.513. The maximum absolute atomic E-state index is 12.8. The topological polar surface area (TPSA) is 112 Å². The van der Waals surface area contributed by atoms with E-state index in [1.165, 1.54) is 35.1 Å². The van der Waals surface area contributed by atoms with Crippen molar-refractivity contribution in [3.05, 3.63) is 47.4 Å². The third kappa shape index (κ3) is 6.34. The Hall–Kier alpha value is -3.06. The first-order valence-electron chi connectivity index (χ1n) is 10.4. The van der Waals surface area contributed by atoms with Gasteiger partial charge >= 0.3 is 6.18 Å². The molecule has 35 heavy (non-hydrogen) atoms. The zero-order chi connectivity index (χ0) is 25.4. The normalized spacial score (nSPS) is 17.2. The lowest BCUT2D eigenvalue weighted by atomic mass is 9.94. The van der Waals surface area contributed by atoms with E-state index in [0.717, 1.165) is 6.07 Å². The molecule has 1 fully saturated rings. The van der Waals surface area contributed by atoms with Gasteiger partial charge in [-0.2, -0.15) is 18.3 Å². The van der Waals surface area contributed by atoms with Crippen molar-refractivity contribution in [2.24, 2.45) is 0 Å². The number of hydrogen-bond acceptors (Lipinski definition) is 7. The number of nitrogens with one attached hydrogen (secondary N) is 1. The Balaban J connectivity index is 1.50. The van der Waals surface area contributed by atoms with Crippen molar-refractivity contribution in [2.45, 2.75) is 31.5 Å². The van der Waals surface area contributed by atoms with Crippen molar-refractivity contribution in [1.82, 2.24) is 19.9 Å². The van der Waals surface area contributed by atoms with Crippen LogP contribution >= 0.6 is 11.6 Å². The van der Waals surface area contributed by atoms with E-state index in [1.807, 2.05) is 0 Å². The third-order valence-electron chi connectivity index (χ3n) is 5.40. The predicted molar refractivity (Wildman–Crippen MR) is 120 cm³/mol. The Bertz CT molecular complexity index is 1360. The molecule has 0 spiro atoms. The van der Waals surface area contributed by atoms with E-state index in [-0.39, 0.29) is 39.6 Å². The van der Waals surface area contributed by atoms with E-state index in [4.69, 9.17) is 21.1 Å². The first-order chi connectivity index (χ1) is 16.3. The molecule has 1 amide bonds. The minimum atomic E-state index is -4.56. The molecule has 1 saturated heterocycles. The summed E-state index contributed by atoms with van der Waals surface area (Å²) in [6.45, 7) is 0.245. The number of pyridine rings is 2. The first-order valence-corrected chi connectivity index (χ1v) is 12.6. The Labute approximate surface area is 203 Å². The van der Waals surface area contributed by atoms with Gasteiger partial charge in [-0.15, -0.1) is 0 Å². The number of carbonyl (C=O) groups excluding carboxylic acids is 1. The van der Waals surface area contributed by atoms with Gasteiger partial charge in [0.25, 0.3) is 11.8 Å². The molecule has 0 saturated carbocycles. The van der Waals surface area contributed by atoms with Crippen LogP contribution in [0.3, 0.4) is 0 Å². The van der Waals surface area contributed by atoms with Crippen LogP contribution in [0.5, 0.6) is 17.4 Å². The van der Waals surface area contributed by atoms with Crippen molar-refractivity contribution in [3.8, 4) is 17.4 Å². The van der Waals surface area contributed by atoms with Crippen LogP contribution in [-0.4, -0.2) is 58.8 Å². The molecule has 0 bridgehead atoms. The predicted octanol–water partition coefficient (Wildman–Crippen LogP) is 3.81. The Morgan fingerprint density at radius 1 is 1.26 bits per heavy atom. The maximum Gasteiger partial charge on any atom is 0.422 e. The number of amides is 1. The van der Waals surface area contributed by atoms with Crippen LogP contribution in [0, 0.1) is 0 Å². The summed E-state index contributed by atoms with van der Waals surface area (Å²) in [6, 6.07) is 5.66. The number of halogens is 4. The molecule has 14 heteroatoms. The monoisotopic (exact) mass is 532 g/mol. The molecule has 1 N–H and O–H groups in total. The fraction of sp³-hybridized carbons (Fsp3) is 0.381. The molecule has 1 aliphatic heterocycles. The molecule has 3 aromatic heterocycles. The molecule has 0 radical (unpaired) electrons. The smallest absolute Gasteiger partial charge is 0.422 e. The van der Waals surface area contributed by atoms with Crippen molar-refractivity contribution < 1.29 is 35.9 Å². The number of nitrogens with zero attached hydrogens (tertiary/aromatic N) is 3. The van der Waals surface area contributed by atoms with Crippen molar-refractivity contribution >= 4 is 32.9 Å². The summed E-state index contributed by atoms with van der Waals surface area (Å²) in [6.07, 6.45) is -1.24. The minimum absolute atomic E-state index is 0.00303. The van der Waals surface area contributed by atoms with Crippen molar-refractivity contribution in [3.63, 3.8) is 0 Å². The van der Waals surface area contributed by atoms with Gasteiger partial charge in [0.2, 0.25) is 0 Å². The van der Waals surface area contributed by atoms with Gasteiger partial charge in [0.05, 0.1) is 22.0 Å². The maximum atomic E-state index is 12.8. The zero-order valence-electron chi connectivity index (χ0n) is 18.3. The number of hydrogen-bond donors (Lipinski definition) is 1. The van der Waals surface area contributed by atoms with E-state index in [0.29, 0.717) is 18.4 Å². The summed E-state index contributed by atoms with van der Waals surface area (Å²) in [4.78, 5) is 16.7. The molecule has 0 aliphatic carbocycles. The Kier molecular flexibility index (Phi) is 6.58. The highest BCUT2D eigenvalue weighted by molar-refractivity contribution is 7.91. The molecule has 0 unspecified atom stereocenters. The van der Waals surface area contributed by atoms with Crippen molar-refractivity contribution in [1.29, 1.82) is 0 Å². The summed E-state index contributed by atoms with van der Waals surface area (Å²) in [5, 5.41) is 7.15. The Morgan fingerprint density at radius 2 is 1.97 bits per heavy atom. The summed E-state index contributed by atoms with van der Waals surface area (Å²) in [5.41, 5.74) is -0.0918. The summed E-state index contributed by atoms with van der Waals surface area (Å²) in [5.74, 6) is -0.751. The number of fused-ring (bicyclic) bond motifs is 1.